The molecule has 2 saturated heterocycles. The van der Waals surface area contributed by atoms with E-state index >= 15 is 0 Å². The van der Waals surface area contributed by atoms with Gasteiger partial charge in [0.05, 0.1) is 12.2 Å². The molecule has 5 aliphatic rings. The van der Waals surface area contributed by atoms with E-state index in [4.69, 9.17) is 23.7 Å². The molecule has 0 bridgehead atoms. The number of ether oxygens (including phenoxy) is 5. The van der Waals surface area contributed by atoms with Crippen LogP contribution >= 0.6 is 0 Å². The van der Waals surface area contributed by atoms with Gasteiger partial charge in [-0.1, -0.05) is 32.3 Å². The molecule has 0 N–H and O–H groups in total. The Kier molecular flexibility index (Phi) is 5.09. The van der Waals surface area contributed by atoms with Crippen molar-refractivity contribution in [2.45, 2.75) is 107 Å². The van der Waals surface area contributed by atoms with Gasteiger partial charge in [-0.05, 0) is 44.3 Å². The second kappa shape index (κ2) is 7.49. The predicted octanol–water partition coefficient (Wildman–Crippen LogP) is 3.93. The van der Waals surface area contributed by atoms with Crippen LogP contribution in [0.2, 0.25) is 0 Å². The van der Waals surface area contributed by atoms with E-state index in [1.807, 2.05) is 0 Å². The molecule has 3 aliphatic heterocycles. The van der Waals surface area contributed by atoms with Gasteiger partial charge in [-0.15, -0.1) is 0 Å². The van der Waals surface area contributed by atoms with Crippen molar-refractivity contribution in [3.63, 3.8) is 0 Å². The molecule has 5 rings (SSSR count). The average molecular weight is 405 g/mol. The third kappa shape index (κ3) is 3.58. The van der Waals surface area contributed by atoms with Crippen LogP contribution in [0, 0.1) is 0 Å². The summed E-state index contributed by atoms with van der Waals surface area (Å²) in [5, 5.41) is 0. The zero-order chi connectivity index (χ0) is 20.1. The Labute approximate surface area is 172 Å². The minimum absolute atomic E-state index is 0.197. The molecule has 0 aromatic heterocycles. The van der Waals surface area contributed by atoms with E-state index in [1.54, 1.807) is 6.92 Å². The molecule has 0 radical (unpaired) electrons. The van der Waals surface area contributed by atoms with Crippen LogP contribution in [0.15, 0.2) is 23.8 Å². The Morgan fingerprint density at radius 2 is 1.72 bits per heavy atom. The minimum Gasteiger partial charge on any atom is -0.429 e. The third-order valence-electron chi connectivity index (χ3n) is 7.08. The van der Waals surface area contributed by atoms with Crippen molar-refractivity contribution in [2.75, 3.05) is 6.61 Å². The number of carbonyl (C=O) groups excluding carboxylic acids is 1. The van der Waals surface area contributed by atoms with Crippen molar-refractivity contribution >= 4 is 5.97 Å². The highest BCUT2D eigenvalue weighted by molar-refractivity contribution is 5.87. The largest absolute Gasteiger partial charge is 0.429 e. The smallest absolute Gasteiger partial charge is 0.335 e. The van der Waals surface area contributed by atoms with Gasteiger partial charge in [-0.3, -0.25) is 0 Å². The fourth-order valence-electron chi connectivity index (χ4n) is 5.58. The maximum absolute atomic E-state index is 12.2. The molecular formula is C23H32O6. The Bertz CT molecular complexity index is 700. The summed E-state index contributed by atoms with van der Waals surface area (Å²) in [7, 11) is 0. The number of carbonyl (C=O) groups is 1. The summed E-state index contributed by atoms with van der Waals surface area (Å²) in [6.07, 6.45) is 11.6. The first-order valence-corrected chi connectivity index (χ1v) is 11.2. The van der Waals surface area contributed by atoms with E-state index in [2.05, 4.69) is 12.7 Å². The SMILES string of the molecule is C=C(C)C(=O)OC1O[C@H](C2COC3(CCCCC3)O2)C2=CC3(CCCCC3)O[C@@H]21. The maximum Gasteiger partial charge on any atom is 0.335 e. The summed E-state index contributed by atoms with van der Waals surface area (Å²) in [6.45, 7) is 5.84. The lowest BCUT2D eigenvalue weighted by molar-refractivity contribution is -0.219. The van der Waals surface area contributed by atoms with Crippen LogP contribution in [0.4, 0.5) is 0 Å². The first-order chi connectivity index (χ1) is 14.0. The van der Waals surface area contributed by atoms with Gasteiger partial charge in [0, 0.05) is 18.4 Å². The molecule has 4 atom stereocenters. The lowest BCUT2D eigenvalue weighted by atomic mass is 9.84. The highest BCUT2D eigenvalue weighted by Crippen LogP contribution is 2.49. The van der Waals surface area contributed by atoms with E-state index in [0.29, 0.717) is 12.2 Å². The van der Waals surface area contributed by atoms with Crippen molar-refractivity contribution in [3.05, 3.63) is 23.8 Å². The molecule has 2 aliphatic carbocycles. The first kappa shape index (κ1) is 19.7. The van der Waals surface area contributed by atoms with Gasteiger partial charge in [0.2, 0.25) is 6.29 Å². The number of hydrogen-bond donors (Lipinski definition) is 0. The Hall–Kier alpha value is -1.21. The Morgan fingerprint density at radius 1 is 1.03 bits per heavy atom. The molecule has 0 amide bonds. The van der Waals surface area contributed by atoms with Crippen molar-refractivity contribution in [3.8, 4) is 0 Å². The summed E-state index contributed by atoms with van der Waals surface area (Å²) in [6, 6.07) is 0. The van der Waals surface area contributed by atoms with Gasteiger partial charge in [-0.2, -0.15) is 0 Å². The zero-order valence-electron chi connectivity index (χ0n) is 17.3. The number of esters is 1. The second-order valence-corrected chi connectivity index (χ2v) is 9.36. The van der Waals surface area contributed by atoms with Crippen molar-refractivity contribution in [1.82, 2.24) is 0 Å². The molecule has 0 aromatic carbocycles. The molecule has 2 unspecified atom stereocenters. The molecule has 6 heteroatoms. The quantitative estimate of drug-likeness (QED) is 0.403. The zero-order valence-corrected chi connectivity index (χ0v) is 17.3. The van der Waals surface area contributed by atoms with Crippen LogP contribution in [-0.4, -0.2) is 48.6 Å². The lowest BCUT2D eigenvalue weighted by Gasteiger charge is -2.34. The van der Waals surface area contributed by atoms with Crippen LogP contribution < -0.4 is 0 Å². The predicted molar refractivity (Wildman–Crippen MR) is 105 cm³/mol. The average Bonchev–Trinajstić information content (AvgIpc) is 3.36. The van der Waals surface area contributed by atoms with E-state index in [-0.39, 0.29) is 23.9 Å². The molecule has 160 valence electrons. The molecule has 29 heavy (non-hydrogen) atoms. The Morgan fingerprint density at radius 3 is 2.41 bits per heavy atom. The summed E-state index contributed by atoms with van der Waals surface area (Å²) in [4.78, 5) is 12.2. The van der Waals surface area contributed by atoms with Gasteiger partial charge < -0.3 is 23.7 Å². The van der Waals surface area contributed by atoms with Crippen LogP contribution in [0.1, 0.15) is 71.1 Å². The molecule has 2 spiro atoms. The monoisotopic (exact) mass is 404 g/mol. The molecule has 6 nitrogen and oxygen atoms in total. The second-order valence-electron chi connectivity index (χ2n) is 9.36. The van der Waals surface area contributed by atoms with Crippen LogP contribution in [-0.2, 0) is 28.5 Å². The summed E-state index contributed by atoms with van der Waals surface area (Å²) in [5.74, 6) is -0.910. The molecule has 4 fully saturated rings. The third-order valence-corrected chi connectivity index (χ3v) is 7.08. The molecular weight excluding hydrogens is 372 g/mol. The minimum atomic E-state index is -0.761. The highest BCUT2D eigenvalue weighted by atomic mass is 16.8. The summed E-state index contributed by atoms with van der Waals surface area (Å²) < 4.78 is 31.0. The first-order valence-electron chi connectivity index (χ1n) is 11.2. The number of hydrogen-bond acceptors (Lipinski definition) is 6. The summed E-state index contributed by atoms with van der Waals surface area (Å²) in [5.41, 5.74) is 1.17. The van der Waals surface area contributed by atoms with Gasteiger partial charge in [-0.25, -0.2) is 4.79 Å². The van der Waals surface area contributed by atoms with Gasteiger partial charge in [0.25, 0.3) is 0 Å². The van der Waals surface area contributed by atoms with Crippen molar-refractivity contribution < 1.29 is 28.5 Å². The fourth-order valence-corrected chi connectivity index (χ4v) is 5.58. The standard InChI is InChI=1S/C23H32O6/c1-15(2)20(24)27-21-19-16(13-22(29-19)9-5-3-6-10-22)18(26-21)17-14-25-23(28-17)11-7-4-8-12-23/h13,17-19,21H,1,3-12,14H2,2H3/t17?,18-,19-,21?/m0/s1. The molecule has 2 saturated carbocycles. The summed E-state index contributed by atoms with van der Waals surface area (Å²) >= 11 is 0. The van der Waals surface area contributed by atoms with E-state index in [9.17, 15) is 4.79 Å². The Balaban J connectivity index is 1.38. The van der Waals surface area contributed by atoms with E-state index in [0.717, 1.165) is 56.9 Å². The molecule has 3 heterocycles. The molecule has 0 aromatic rings. The normalized spacial score (nSPS) is 37.5. The van der Waals surface area contributed by atoms with Gasteiger partial charge in [0.15, 0.2) is 5.79 Å². The lowest BCUT2D eigenvalue weighted by Crippen LogP contribution is -2.38. The number of rotatable bonds is 3. The van der Waals surface area contributed by atoms with Gasteiger partial charge in [0.1, 0.15) is 18.3 Å². The van der Waals surface area contributed by atoms with Crippen LogP contribution in [0.3, 0.4) is 0 Å². The van der Waals surface area contributed by atoms with Crippen LogP contribution in [0.25, 0.3) is 0 Å². The highest BCUT2D eigenvalue weighted by Gasteiger charge is 2.57. The van der Waals surface area contributed by atoms with Crippen molar-refractivity contribution in [1.29, 1.82) is 0 Å². The number of fused-ring (bicyclic) bond motifs is 1. The van der Waals surface area contributed by atoms with Crippen LogP contribution in [0.5, 0.6) is 0 Å². The van der Waals surface area contributed by atoms with E-state index < -0.39 is 18.0 Å². The van der Waals surface area contributed by atoms with Gasteiger partial charge >= 0.3 is 5.97 Å². The fraction of sp³-hybridized carbons (Fsp3) is 0.783. The maximum atomic E-state index is 12.2. The van der Waals surface area contributed by atoms with E-state index in [1.165, 1.54) is 12.8 Å². The van der Waals surface area contributed by atoms with Crippen molar-refractivity contribution in [2.24, 2.45) is 0 Å². The topological polar surface area (TPSA) is 63.2 Å².